The van der Waals surface area contributed by atoms with E-state index in [1.807, 2.05) is 0 Å². The largest absolute Gasteiger partial charge is 0.573 e. The van der Waals surface area contributed by atoms with Crippen molar-refractivity contribution in [1.82, 2.24) is 5.32 Å². The summed E-state index contributed by atoms with van der Waals surface area (Å²) in [7, 11) is 0. The minimum Gasteiger partial charge on any atom is -0.406 e. The zero-order chi connectivity index (χ0) is 13.7. The summed E-state index contributed by atoms with van der Waals surface area (Å²) < 4.78 is 39.9. The summed E-state index contributed by atoms with van der Waals surface area (Å²) in [4.78, 5) is 0. The van der Waals surface area contributed by atoms with Crippen LogP contribution in [0.4, 0.5) is 13.2 Å². The van der Waals surface area contributed by atoms with E-state index in [1.54, 1.807) is 12.1 Å². The molecule has 2 nitrogen and oxygen atoms in total. The van der Waals surface area contributed by atoms with Gasteiger partial charge in [-0.1, -0.05) is 18.6 Å². The minimum atomic E-state index is -4.62. The molecule has 106 valence electrons. The molecule has 5 heteroatoms. The van der Waals surface area contributed by atoms with Crippen LogP contribution < -0.4 is 10.1 Å². The maximum Gasteiger partial charge on any atom is 0.573 e. The molecule has 1 N–H and O–H groups in total. The maximum atomic E-state index is 12.0. The van der Waals surface area contributed by atoms with Crippen LogP contribution in [0.2, 0.25) is 0 Å². The second kappa shape index (κ2) is 6.28. The Balaban J connectivity index is 1.90. The van der Waals surface area contributed by atoms with Crippen LogP contribution in [-0.2, 0) is 6.42 Å². The summed E-state index contributed by atoms with van der Waals surface area (Å²) in [6, 6.07) is 6.19. The van der Waals surface area contributed by atoms with Gasteiger partial charge in [0.2, 0.25) is 0 Å². The number of rotatable bonds is 3. The molecule has 0 bridgehead atoms. The molecule has 1 fully saturated rings. The van der Waals surface area contributed by atoms with Crippen molar-refractivity contribution in [3.8, 4) is 5.75 Å². The highest BCUT2D eigenvalue weighted by Gasteiger charge is 2.30. The number of hydrogen-bond acceptors (Lipinski definition) is 2. The van der Waals surface area contributed by atoms with E-state index in [2.05, 4.69) is 10.1 Å². The Morgan fingerprint density at radius 2 is 1.89 bits per heavy atom. The number of benzene rings is 1. The fraction of sp³-hybridized carbons (Fsp3) is 0.571. The summed E-state index contributed by atoms with van der Waals surface area (Å²) in [6.45, 7) is 2.05. The molecule has 1 aliphatic rings. The lowest BCUT2D eigenvalue weighted by Crippen LogP contribution is -2.22. The summed E-state index contributed by atoms with van der Waals surface area (Å²) in [5, 5.41) is 3.39. The van der Waals surface area contributed by atoms with Crippen LogP contribution in [-0.4, -0.2) is 19.5 Å². The van der Waals surface area contributed by atoms with E-state index in [0.29, 0.717) is 5.92 Å². The van der Waals surface area contributed by atoms with Gasteiger partial charge in [-0.2, -0.15) is 0 Å². The maximum absolute atomic E-state index is 12.0. The Bertz CT molecular complexity index is 381. The highest BCUT2D eigenvalue weighted by atomic mass is 19.4. The summed E-state index contributed by atoms with van der Waals surface area (Å²) >= 11 is 0. The fourth-order valence-electron chi connectivity index (χ4n) is 2.43. The third kappa shape index (κ3) is 5.11. The molecule has 0 aromatic heterocycles. The first kappa shape index (κ1) is 14.2. The topological polar surface area (TPSA) is 21.3 Å². The second-order valence-corrected chi connectivity index (χ2v) is 4.96. The lowest BCUT2D eigenvalue weighted by molar-refractivity contribution is -0.274. The van der Waals surface area contributed by atoms with Gasteiger partial charge in [0.1, 0.15) is 5.75 Å². The zero-order valence-electron chi connectivity index (χ0n) is 10.7. The molecule has 1 aromatic carbocycles. The van der Waals surface area contributed by atoms with Gasteiger partial charge in [0, 0.05) is 0 Å². The summed E-state index contributed by atoms with van der Waals surface area (Å²) in [6.07, 6.45) is -0.123. The molecule has 0 radical (unpaired) electrons. The standard InChI is InChI=1S/C14H18F3NO/c15-14(16,17)19-13-6-4-11(5-7-13)9-12-3-1-2-8-18-10-12/h4-7,12,18H,1-3,8-10H2. The molecule has 19 heavy (non-hydrogen) atoms. The Kier molecular flexibility index (Phi) is 4.69. The lowest BCUT2D eigenvalue weighted by atomic mass is 9.95. The smallest absolute Gasteiger partial charge is 0.406 e. The highest BCUT2D eigenvalue weighted by molar-refractivity contribution is 5.27. The first-order valence-corrected chi connectivity index (χ1v) is 6.58. The van der Waals surface area contributed by atoms with Gasteiger partial charge in [0.25, 0.3) is 0 Å². The molecule has 1 unspecified atom stereocenters. The monoisotopic (exact) mass is 273 g/mol. The third-order valence-corrected chi connectivity index (χ3v) is 3.33. The average Bonchev–Trinajstić information content (AvgIpc) is 2.58. The average molecular weight is 273 g/mol. The lowest BCUT2D eigenvalue weighted by Gasteiger charge is -2.14. The molecular formula is C14H18F3NO. The molecule has 1 heterocycles. The van der Waals surface area contributed by atoms with E-state index in [9.17, 15) is 13.2 Å². The van der Waals surface area contributed by atoms with E-state index in [-0.39, 0.29) is 5.75 Å². The zero-order valence-corrected chi connectivity index (χ0v) is 10.7. The second-order valence-electron chi connectivity index (χ2n) is 4.96. The first-order valence-electron chi connectivity index (χ1n) is 6.58. The molecule has 1 atom stereocenters. The van der Waals surface area contributed by atoms with Crippen LogP contribution in [0.25, 0.3) is 0 Å². The van der Waals surface area contributed by atoms with E-state index in [0.717, 1.165) is 25.1 Å². The summed E-state index contributed by atoms with van der Waals surface area (Å²) in [5.41, 5.74) is 1.06. The first-order chi connectivity index (χ1) is 9.03. The number of halogens is 3. The van der Waals surface area contributed by atoms with E-state index in [4.69, 9.17) is 0 Å². The predicted molar refractivity (Wildman–Crippen MR) is 67.0 cm³/mol. The van der Waals surface area contributed by atoms with Gasteiger partial charge in [0.05, 0.1) is 0 Å². The van der Waals surface area contributed by atoms with Gasteiger partial charge in [0.15, 0.2) is 0 Å². The van der Waals surface area contributed by atoms with Crippen molar-refractivity contribution in [2.45, 2.75) is 32.0 Å². The molecule has 2 rings (SSSR count). The third-order valence-electron chi connectivity index (χ3n) is 3.33. The number of alkyl halides is 3. The molecule has 1 saturated heterocycles. The normalized spacial score (nSPS) is 20.9. The van der Waals surface area contributed by atoms with Gasteiger partial charge in [-0.3, -0.25) is 0 Å². The van der Waals surface area contributed by atoms with Crippen molar-refractivity contribution in [1.29, 1.82) is 0 Å². The number of ether oxygens (including phenoxy) is 1. The molecule has 1 aliphatic heterocycles. The van der Waals surface area contributed by atoms with Gasteiger partial charge in [-0.05, 0) is 56.0 Å². The highest BCUT2D eigenvalue weighted by Crippen LogP contribution is 2.24. The molecular weight excluding hydrogens is 255 g/mol. The molecule has 0 amide bonds. The quantitative estimate of drug-likeness (QED) is 0.909. The van der Waals surface area contributed by atoms with Gasteiger partial charge >= 0.3 is 6.36 Å². The predicted octanol–water partition coefficient (Wildman–Crippen LogP) is 3.52. The van der Waals surface area contributed by atoms with Crippen LogP contribution in [0.15, 0.2) is 24.3 Å². The Morgan fingerprint density at radius 1 is 1.16 bits per heavy atom. The van der Waals surface area contributed by atoms with Crippen molar-refractivity contribution in [2.75, 3.05) is 13.1 Å². The molecule has 0 spiro atoms. The van der Waals surface area contributed by atoms with Crippen LogP contribution in [0, 0.1) is 5.92 Å². The van der Waals surface area contributed by atoms with Crippen LogP contribution >= 0.6 is 0 Å². The summed E-state index contributed by atoms with van der Waals surface area (Å²) in [5.74, 6) is 0.409. The van der Waals surface area contributed by atoms with Crippen molar-refractivity contribution in [2.24, 2.45) is 5.92 Å². The number of hydrogen-bond donors (Lipinski definition) is 1. The van der Waals surface area contributed by atoms with E-state index in [1.165, 1.54) is 31.4 Å². The Labute approximate surface area is 111 Å². The van der Waals surface area contributed by atoms with Crippen LogP contribution in [0.1, 0.15) is 24.8 Å². The van der Waals surface area contributed by atoms with Gasteiger partial charge in [-0.15, -0.1) is 13.2 Å². The Hall–Kier alpha value is -1.23. The van der Waals surface area contributed by atoms with Crippen molar-refractivity contribution in [3.63, 3.8) is 0 Å². The van der Waals surface area contributed by atoms with Gasteiger partial charge < -0.3 is 10.1 Å². The van der Waals surface area contributed by atoms with E-state index >= 15 is 0 Å². The van der Waals surface area contributed by atoms with E-state index < -0.39 is 6.36 Å². The molecule has 0 saturated carbocycles. The van der Waals surface area contributed by atoms with Gasteiger partial charge in [-0.25, -0.2) is 0 Å². The Morgan fingerprint density at radius 3 is 2.58 bits per heavy atom. The SMILES string of the molecule is FC(F)(F)Oc1ccc(CC2CCCCNC2)cc1. The van der Waals surface area contributed by atoms with Crippen LogP contribution in [0.3, 0.4) is 0 Å². The van der Waals surface area contributed by atoms with Crippen LogP contribution in [0.5, 0.6) is 5.75 Å². The van der Waals surface area contributed by atoms with Crippen molar-refractivity contribution >= 4 is 0 Å². The van der Waals surface area contributed by atoms with Crippen molar-refractivity contribution < 1.29 is 17.9 Å². The molecule has 1 aromatic rings. The fourth-order valence-corrected chi connectivity index (χ4v) is 2.43. The van der Waals surface area contributed by atoms with Crippen molar-refractivity contribution in [3.05, 3.63) is 29.8 Å². The molecule has 0 aliphatic carbocycles. The minimum absolute atomic E-state index is 0.157. The number of nitrogens with one attached hydrogen (secondary N) is 1.